The van der Waals surface area contributed by atoms with Crippen LogP contribution in [0.2, 0.25) is 0 Å². The third-order valence-corrected chi connectivity index (χ3v) is 2.07. The number of hydrogen-bond acceptors (Lipinski definition) is 3. The van der Waals surface area contributed by atoms with Gasteiger partial charge in [0.25, 0.3) is 0 Å². The van der Waals surface area contributed by atoms with Gasteiger partial charge in [0.15, 0.2) is 0 Å². The maximum Gasteiger partial charge on any atom is 0.0994 e. The average Bonchev–Trinajstić information content (AvgIpc) is 2.25. The van der Waals surface area contributed by atoms with Crippen molar-refractivity contribution in [3.05, 3.63) is 41.5 Å². The summed E-state index contributed by atoms with van der Waals surface area (Å²) >= 11 is 0. The Balaban J connectivity index is 2.60. The van der Waals surface area contributed by atoms with E-state index >= 15 is 0 Å². The zero-order valence-corrected chi connectivity index (χ0v) is 8.83. The van der Waals surface area contributed by atoms with Gasteiger partial charge in [-0.3, -0.25) is 0 Å². The van der Waals surface area contributed by atoms with Crippen molar-refractivity contribution in [2.45, 2.75) is 6.92 Å². The SMILES string of the molecule is Cc1cc(NC/C=C/CN)ccc1C#N. The maximum atomic E-state index is 8.76. The summed E-state index contributed by atoms with van der Waals surface area (Å²) < 4.78 is 0. The molecule has 0 saturated heterocycles. The normalized spacial score (nSPS) is 10.2. The molecule has 3 nitrogen and oxygen atoms in total. The summed E-state index contributed by atoms with van der Waals surface area (Å²) in [6, 6.07) is 7.84. The number of nitriles is 1. The molecule has 78 valence electrons. The van der Waals surface area contributed by atoms with E-state index < -0.39 is 0 Å². The molecule has 1 rings (SSSR count). The van der Waals surface area contributed by atoms with Crippen molar-refractivity contribution >= 4 is 5.69 Å². The van der Waals surface area contributed by atoms with Gasteiger partial charge in [0.05, 0.1) is 11.6 Å². The van der Waals surface area contributed by atoms with E-state index in [1.807, 2.05) is 37.3 Å². The van der Waals surface area contributed by atoms with Crippen molar-refractivity contribution in [2.24, 2.45) is 5.73 Å². The average molecular weight is 201 g/mol. The van der Waals surface area contributed by atoms with E-state index in [4.69, 9.17) is 11.0 Å². The fourth-order valence-electron chi connectivity index (χ4n) is 1.26. The zero-order chi connectivity index (χ0) is 11.1. The highest BCUT2D eigenvalue weighted by molar-refractivity contribution is 5.51. The van der Waals surface area contributed by atoms with Crippen LogP contribution in [-0.4, -0.2) is 13.1 Å². The van der Waals surface area contributed by atoms with Crippen LogP contribution in [0.3, 0.4) is 0 Å². The number of benzene rings is 1. The van der Waals surface area contributed by atoms with Gasteiger partial charge in [-0.05, 0) is 30.7 Å². The first kappa shape index (κ1) is 11.3. The lowest BCUT2D eigenvalue weighted by Crippen LogP contribution is -2.00. The lowest BCUT2D eigenvalue weighted by molar-refractivity contribution is 1.22. The van der Waals surface area contributed by atoms with E-state index in [1.165, 1.54) is 0 Å². The van der Waals surface area contributed by atoms with Gasteiger partial charge in [-0.25, -0.2) is 0 Å². The van der Waals surface area contributed by atoms with Crippen LogP contribution in [0.1, 0.15) is 11.1 Å². The minimum absolute atomic E-state index is 0.564. The van der Waals surface area contributed by atoms with Crippen molar-refractivity contribution < 1.29 is 0 Å². The highest BCUT2D eigenvalue weighted by Crippen LogP contribution is 2.13. The van der Waals surface area contributed by atoms with E-state index in [0.29, 0.717) is 6.54 Å². The minimum Gasteiger partial charge on any atom is -0.382 e. The number of hydrogen-bond donors (Lipinski definition) is 2. The van der Waals surface area contributed by atoms with Gasteiger partial charge in [-0.1, -0.05) is 12.2 Å². The predicted octanol–water partition coefficient (Wildman–Crippen LogP) is 1.79. The molecule has 0 aromatic heterocycles. The summed E-state index contributed by atoms with van der Waals surface area (Å²) in [6.07, 6.45) is 3.89. The number of rotatable bonds is 4. The van der Waals surface area contributed by atoms with Crippen LogP contribution in [0.25, 0.3) is 0 Å². The molecule has 0 amide bonds. The Morgan fingerprint density at radius 2 is 2.27 bits per heavy atom. The Kier molecular flexibility index (Phi) is 4.39. The molecule has 0 spiro atoms. The fourth-order valence-corrected chi connectivity index (χ4v) is 1.26. The minimum atomic E-state index is 0.564. The van der Waals surface area contributed by atoms with Crippen LogP contribution in [0.5, 0.6) is 0 Å². The molecule has 0 saturated carbocycles. The largest absolute Gasteiger partial charge is 0.382 e. The van der Waals surface area contributed by atoms with Gasteiger partial charge >= 0.3 is 0 Å². The zero-order valence-electron chi connectivity index (χ0n) is 8.83. The Morgan fingerprint density at radius 1 is 1.47 bits per heavy atom. The third-order valence-electron chi connectivity index (χ3n) is 2.07. The van der Waals surface area contributed by atoms with Crippen molar-refractivity contribution in [3.8, 4) is 6.07 Å². The number of nitrogens with zero attached hydrogens (tertiary/aromatic N) is 1. The smallest absolute Gasteiger partial charge is 0.0994 e. The molecule has 1 aromatic rings. The summed E-state index contributed by atoms with van der Waals surface area (Å²) in [5.74, 6) is 0. The topological polar surface area (TPSA) is 61.8 Å². The lowest BCUT2D eigenvalue weighted by atomic mass is 10.1. The molecule has 1 aromatic carbocycles. The summed E-state index contributed by atoms with van der Waals surface area (Å²) in [4.78, 5) is 0. The van der Waals surface area contributed by atoms with Gasteiger partial charge in [-0.15, -0.1) is 0 Å². The maximum absolute atomic E-state index is 8.76. The molecular weight excluding hydrogens is 186 g/mol. The first-order valence-corrected chi connectivity index (χ1v) is 4.87. The Bertz CT molecular complexity index is 388. The van der Waals surface area contributed by atoms with Crippen LogP contribution in [0, 0.1) is 18.3 Å². The van der Waals surface area contributed by atoms with Gasteiger partial charge in [0.2, 0.25) is 0 Å². The Morgan fingerprint density at radius 3 is 2.87 bits per heavy atom. The molecule has 3 N–H and O–H groups in total. The van der Waals surface area contributed by atoms with Crippen LogP contribution < -0.4 is 11.1 Å². The molecule has 0 fully saturated rings. The van der Waals surface area contributed by atoms with Crippen LogP contribution >= 0.6 is 0 Å². The van der Waals surface area contributed by atoms with E-state index in [2.05, 4.69) is 11.4 Å². The quantitative estimate of drug-likeness (QED) is 0.730. The molecule has 0 unspecified atom stereocenters. The second-order valence-corrected chi connectivity index (χ2v) is 3.23. The number of nitrogens with two attached hydrogens (primary N) is 1. The molecule has 0 aliphatic carbocycles. The molecule has 3 heteroatoms. The van der Waals surface area contributed by atoms with Crippen LogP contribution in [0.4, 0.5) is 5.69 Å². The van der Waals surface area contributed by atoms with E-state index in [1.54, 1.807) is 0 Å². The van der Waals surface area contributed by atoms with Crippen LogP contribution in [0.15, 0.2) is 30.4 Å². The summed E-state index contributed by atoms with van der Waals surface area (Å²) in [5, 5.41) is 12.0. The number of nitrogens with one attached hydrogen (secondary N) is 1. The van der Waals surface area contributed by atoms with E-state index in [0.717, 1.165) is 23.4 Å². The number of anilines is 1. The fraction of sp³-hybridized carbons (Fsp3) is 0.250. The van der Waals surface area contributed by atoms with Crippen molar-refractivity contribution in [1.82, 2.24) is 0 Å². The molecule has 0 radical (unpaired) electrons. The molecule has 15 heavy (non-hydrogen) atoms. The van der Waals surface area contributed by atoms with Gasteiger partial charge in [-0.2, -0.15) is 5.26 Å². The molecule has 0 aliphatic heterocycles. The van der Waals surface area contributed by atoms with E-state index in [9.17, 15) is 0 Å². The molecule has 0 bridgehead atoms. The molecule has 0 atom stereocenters. The first-order valence-electron chi connectivity index (χ1n) is 4.87. The Hall–Kier alpha value is -1.79. The highest BCUT2D eigenvalue weighted by Gasteiger charge is 1.97. The lowest BCUT2D eigenvalue weighted by Gasteiger charge is -2.05. The first-order chi connectivity index (χ1) is 7.27. The molecular formula is C12H15N3. The van der Waals surface area contributed by atoms with E-state index in [-0.39, 0.29) is 0 Å². The Labute approximate surface area is 90.2 Å². The van der Waals surface area contributed by atoms with Crippen LogP contribution in [-0.2, 0) is 0 Å². The molecule has 0 aliphatic rings. The predicted molar refractivity (Wildman–Crippen MR) is 62.6 cm³/mol. The third kappa shape index (κ3) is 3.45. The van der Waals surface area contributed by atoms with Gasteiger partial charge in [0, 0.05) is 18.8 Å². The summed E-state index contributed by atoms with van der Waals surface area (Å²) in [7, 11) is 0. The van der Waals surface area contributed by atoms with Gasteiger partial charge < -0.3 is 11.1 Å². The highest BCUT2D eigenvalue weighted by atomic mass is 14.9. The summed E-state index contributed by atoms with van der Waals surface area (Å²) in [6.45, 7) is 3.25. The second-order valence-electron chi connectivity index (χ2n) is 3.23. The van der Waals surface area contributed by atoms with Gasteiger partial charge in [0.1, 0.15) is 0 Å². The summed E-state index contributed by atoms with van der Waals surface area (Å²) in [5.41, 5.74) is 8.05. The van der Waals surface area contributed by atoms with Crippen molar-refractivity contribution in [1.29, 1.82) is 5.26 Å². The standard InChI is InChI=1S/C12H15N3/c1-10-8-12(5-4-11(10)9-14)15-7-3-2-6-13/h2-5,8,15H,6-7,13H2,1H3/b3-2+. The van der Waals surface area contributed by atoms with Crippen molar-refractivity contribution in [2.75, 3.05) is 18.4 Å². The second kappa shape index (κ2) is 5.84. The monoisotopic (exact) mass is 201 g/mol. The number of aryl methyl sites for hydroxylation is 1. The molecule has 0 heterocycles. The van der Waals surface area contributed by atoms with Crippen molar-refractivity contribution in [3.63, 3.8) is 0 Å².